The molecule has 1 unspecified atom stereocenters. The van der Waals surface area contributed by atoms with Crippen molar-refractivity contribution >= 4 is 11.6 Å². The SMILES string of the molecule is Oc1cccc(CC(CNC2CC2)c2ccccc2Cl)c1. The lowest BCUT2D eigenvalue weighted by atomic mass is 9.91. The van der Waals surface area contributed by atoms with Gasteiger partial charge in [0, 0.05) is 23.5 Å². The standard InChI is InChI=1S/C18H20ClNO/c19-18-7-2-1-6-17(18)14(12-20-15-8-9-15)10-13-4-3-5-16(21)11-13/h1-7,11,14-15,20-21H,8-10,12H2. The van der Waals surface area contributed by atoms with E-state index in [0.717, 1.165) is 23.6 Å². The molecule has 0 aromatic heterocycles. The molecule has 2 aromatic rings. The molecule has 1 fully saturated rings. The van der Waals surface area contributed by atoms with Crippen LogP contribution in [-0.2, 0) is 6.42 Å². The molecule has 21 heavy (non-hydrogen) atoms. The van der Waals surface area contributed by atoms with E-state index >= 15 is 0 Å². The maximum atomic E-state index is 9.64. The lowest BCUT2D eigenvalue weighted by Gasteiger charge is -2.19. The molecular weight excluding hydrogens is 282 g/mol. The van der Waals surface area contributed by atoms with E-state index in [9.17, 15) is 5.11 Å². The molecule has 0 saturated heterocycles. The molecule has 1 saturated carbocycles. The smallest absolute Gasteiger partial charge is 0.115 e. The molecule has 2 nitrogen and oxygen atoms in total. The molecule has 0 bridgehead atoms. The minimum atomic E-state index is 0.320. The Hall–Kier alpha value is -1.51. The first kappa shape index (κ1) is 14.4. The fraction of sp³-hybridized carbons (Fsp3) is 0.333. The van der Waals surface area contributed by atoms with Gasteiger partial charge in [0.1, 0.15) is 5.75 Å². The first-order chi connectivity index (χ1) is 10.2. The molecule has 2 N–H and O–H groups in total. The van der Waals surface area contributed by atoms with Crippen LogP contribution in [-0.4, -0.2) is 17.7 Å². The molecule has 0 radical (unpaired) electrons. The molecule has 2 aromatic carbocycles. The Kier molecular flexibility index (Phi) is 4.47. The zero-order valence-corrected chi connectivity index (χ0v) is 12.7. The van der Waals surface area contributed by atoms with E-state index in [4.69, 9.17) is 11.6 Å². The summed E-state index contributed by atoms with van der Waals surface area (Å²) in [5.74, 6) is 0.640. The monoisotopic (exact) mass is 301 g/mol. The van der Waals surface area contributed by atoms with Gasteiger partial charge in [-0.1, -0.05) is 41.9 Å². The van der Waals surface area contributed by atoms with Crippen molar-refractivity contribution in [2.75, 3.05) is 6.54 Å². The number of phenolic OH excluding ortho intramolecular Hbond substituents is 1. The quantitative estimate of drug-likeness (QED) is 0.841. The summed E-state index contributed by atoms with van der Waals surface area (Å²) >= 11 is 6.37. The predicted molar refractivity (Wildman–Crippen MR) is 87.0 cm³/mol. The number of hydrogen-bond donors (Lipinski definition) is 2. The normalized spacial score (nSPS) is 15.9. The molecule has 0 spiro atoms. The Balaban J connectivity index is 1.79. The van der Waals surface area contributed by atoms with Crippen molar-refractivity contribution in [3.63, 3.8) is 0 Å². The van der Waals surface area contributed by atoms with Gasteiger partial charge >= 0.3 is 0 Å². The molecule has 0 amide bonds. The van der Waals surface area contributed by atoms with E-state index in [0.29, 0.717) is 17.7 Å². The number of nitrogens with one attached hydrogen (secondary N) is 1. The summed E-state index contributed by atoms with van der Waals surface area (Å²) in [4.78, 5) is 0. The molecule has 0 heterocycles. The fourth-order valence-electron chi connectivity index (χ4n) is 2.66. The summed E-state index contributed by atoms with van der Waals surface area (Å²) < 4.78 is 0. The van der Waals surface area contributed by atoms with E-state index in [2.05, 4.69) is 17.4 Å². The highest BCUT2D eigenvalue weighted by atomic mass is 35.5. The first-order valence-electron chi connectivity index (χ1n) is 7.48. The Bertz CT molecular complexity index is 610. The van der Waals surface area contributed by atoms with Crippen molar-refractivity contribution in [3.8, 4) is 5.75 Å². The van der Waals surface area contributed by atoms with Gasteiger partial charge in [-0.15, -0.1) is 0 Å². The topological polar surface area (TPSA) is 32.3 Å². The Labute approximate surface area is 130 Å². The number of aromatic hydroxyl groups is 1. The minimum absolute atomic E-state index is 0.320. The van der Waals surface area contributed by atoms with E-state index in [1.807, 2.05) is 30.3 Å². The number of rotatable bonds is 6. The van der Waals surface area contributed by atoms with Crippen LogP contribution in [0.25, 0.3) is 0 Å². The van der Waals surface area contributed by atoms with Crippen molar-refractivity contribution in [1.82, 2.24) is 5.32 Å². The van der Waals surface area contributed by atoms with Gasteiger partial charge in [0.25, 0.3) is 0 Å². The van der Waals surface area contributed by atoms with Gasteiger partial charge < -0.3 is 10.4 Å². The summed E-state index contributed by atoms with van der Waals surface area (Å²) in [7, 11) is 0. The lowest BCUT2D eigenvalue weighted by molar-refractivity contribution is 0.474. The second-order valence-electron chi connectivity index (χ2n) is 5.77. The third kappa shape index (κ3) is 3.99. The van der Waals surface area contributed by atoms with Gasteiger partial charge in [-0.05, 0) is 48.6 Å². The largest absolute Gasteiger partial charge is 0.508 e. The van der Waals surface area contributed by atoms with Gasteiger partial charge in [0.05, 0.1) is 0 Å². The Morgan fingerprint density at radius 1 is 1.14 bits per heavy atom. The zero-order valence-electron chi connectivity index (χ0n) is 11.9. The van der Waals surface area contributed by atoms with Crippen LogP contribution < -0.4 is 5.32 Å². The summed E-state index contributed by atoms with van der Waals surface area (Å²) in [6.07, 6.45) is 3.43. The van der Waals surface area contributed by atoms with Crippen LogP contribution in [0.5, 0.6) is 5.75 Å². The first-order valence-corrected chi connectivity index (χ1v) is 7.86. The average Bonchev–Trinajstić information content (AvgIpc) is 3.28. The molecule has 1 atom stereocenters. The fourth-order valence-corrected chi connectivity index (χ4v) is 2.95. The van der Waals surface area contributed by atoms with E-state index < -0.39 is 0 Å². The van der Waals surface area contributed by atoms with Crippen LogP contribution in [0.4, 0.5) is 0 Å². The van der Waals surface area contributed by atoms with Crippen LogP contribution in [0.1, 0.15) is 29.9 Å². The molecule has 1 aliphatic rings. The van der Waals surface area contributed by atoms with E-state index in [1.54, 1.807) is 6.07 Å². The maximum Gasteiger partial charge on any atom is 0.115 e. The third-order valence-corrected chi connectivity index (χ3v) is 4.31. The summed E-state index contributed by atoms with van der Waals surface area (Å²) in [5, 5.41) is 14.1. The highest BCUT2D eigenvalue weighted by Crippen LogP contribution is 2.29. The van der Waals surface area contributed by atoms with Crippen LogP contribution in [0.2, 0.25) is 5.02 Å². The van der Waals surface area contributed by atoms with Gasteiger partial charge in [-0.25, -0.2) is 0 Å². The number of benzene rings is 2. The second-order valence-corrected chi connectivity index (χ2v) is 6.18. The highest BCUT2D eigenvalue weighted by molar-refractivity contribution is 6.31. The van der Waals surface area contributed by atoms with Crippen molar-refractivity contribution in [3.05, 3.63) is 64.7 Å². The van der Waals surface area contributed by atoms with Crippen molar-refractivity contribution in [2.45, 2.75) is 31.2 Å². The van der Waals surface area contributed by atoms with Crippen LogP contribution in [0.3, 0.4) is 0 Å². The van der Waals surface area contributed by atoms with Gasteiger partial charge in [0.2, 0.25) is 0 Å². The maximum absolute atomic E-state index is 9.64. The van der Waals surface area contributed by atoms with Gasteiger partial charge in [-0.2, -0.15) is 0 Å². The lowest BCUT2D eigenvalue weighted by Crippen LogP contribution is -2.25. The molecule has 110 valence electrons. The molecule has 3 heteroatoms. The van der Waals surface area contributed by atoms with Gasteiger partial charge in [0.15, 0.2) is 0 Å². The van der Waals surface area contributed by atoms with Crippen LogP contribution in [0.15, 0.2) is 48.5 Å². The van der Waals surface area contributed by atoms with Crippen molar-refractivity contribution in [2.24, 2.45) is 0 Å². The van der Waals surface area contributed by atoms with Gasteiger partial charge in [-0.3, -0.25) is 0 Å². The number of halogens is 1. The number of phenols is 1. The van der Waals surface area contributed by atoms with Crippen molar-refractivity contribution < 1.29 is 5.11 Å². The van der Waals surface area contributed by atoms with E-state index in [1.165, 1.54) is 18.4 Å². The zero-order chi connectivity index (χ0) is 14.7. The Morgan fingerprint density at radius 2 is 1.95 bits per heavy atom. The van der Waals surface area contributed by atoms with Crippen LogP contribution in [0, 0.1) is 0 Å². The number of hydrogen-bond acceptors (Lipinski definition) is 2. The molecule has 3 rings (SSSR count). The highest BCUT2D eigenvalue weighted by Gasteiger charge is 2.23. The summed E-state index contributed by atoms with van der Waals surface area (Å²) in [5.41, 5.74) is 2.31. The minimum Gasteiger partial charge on any atom is -0.508 e. The average molecular weight is 302 g/mol. The Morgan fingerprint density at radius 3 is 2.67 bits per heavy atom. The predicted octanol–water partition coefficient (Wildman–Crippen LogP) is 4.12. The molecule has 1 aliphatic carbocycles. The van der Waals surface area contributed by atoms with Crippen molar-refractivity contribution in [1.29, 1.82) is 0 Å². The molecular formula is C18H20ClNO. The van der Waals surface area contributed by atoms with E-state index in [-0.39, 0.29) is 0 Å². The van der Waals surface area contributed by atoms with Crippen LogP contribution >= 0.6 is 11.6 Å². The summed E-state index contributed by atoms with van der Waals surface area (Å²) in [6.45, 7) is 0.921. The third-order valence-electron chi connectivity index (χ3n) is 3.97. The second kappa shape index (κ2) is 6.50. The molecule has 0 aliphatic heterocycles. The summed E-state index contributed by atoms with van der Waals surface area (Å²) in [6, 6.07) is 16.2.